The van der Waals surface area contributed by atoms with E-state index in [-0.39, 0.29) is 12.4 Å². The quantitative estimate of drug-likeness (QED) is 0.558. The Kier molecular flexibility index (Phi) is 6.44. The molecule has 0 heterocycles. The van der Waals surface area contributed by atoms with Crippen molar-refractivity contribution in [2.45, 2.75) is 39.4 Å². The highest BCUT2D eigenvalue weighted by Gasteiger charge is 2.14. The summed E-state index contributed by atoms with van der Waals surface area (Å²) >= 11 is 0. The van der Waals surface area contributed by atoms with Crippen molar-refractivity contribution in [3.05, 3.63) is 23.4 Å². The minimum Gasteiger partial charge on any atom is -0.396 e. The van der Waals surface area contributed by atoms with Crippen molar-refractivity contribution in [2.75, 3.05) is 6.61 Å². The monoisotopic (exact) mass is 226 g/mol. The van der Waals surface area contributed by atoms with E-state index in [4.69, 9.17) is 5.11 Å². The van der Waals surface area contributed by atoms with Gasteiger partial charge in [0.15, 0.2) is 5.78 Å². The molecule has 0 saturated carbocycles. The van der Waals surface area contributed by atoms with Gasteiger partial charge in [0, 0.05) is 6.61 Å². The van der Waals surface area contributed by atoms with E-state index in [9.17, 15) is 4.79 Å². The summed E-state index contributed by atoms with van der Waals surface area (Å²) in [6.07, 6.45) is 4.71. The summed E-state index contributed by atoms with van der Waals surface area (Å²) < 4.78 is 0. The fraction of sp³-hybridized carbons (Fsp3) is 0.583. The molecule has 1 N–H and O–H groups in total. The van der Waals surface area contributed by atoms with Crippen LogP contribution in [0.25, 0.3) is 0 Å². The zero-order valence-corrected chi connectivity index (χ0v) is 11.2. The number of aliphatic hydroxyl groups is 1. The molecule has 0 aromatic carbocycles. The SMILES string of the molecule is C/C=C/C(=O)/C(=C/[Si](C)(C)C)CCCO. The van der Waals surface area contributed by atoms with Gasteiger partial charge in [0.05, 0.1) is 8.07 Å². The molecular weight excluding hydrogens is 204 g/mol. The number of aliphatic hydroxyl groups excluding tert-OH is 1. The average molecular weight is 226 g/mol. The molecule has 0 unspecified atom stereocenters. The first kappa shape index (κ1) is 14.3. The second kappa shape index (κ2) is 6.75. The molecule has 0 amide bonds. The number of allylic oxidation sites excluding steroid dienone is 3. The third-order valence-electron chi connectivity index (χ3n) is 1.85. The summed E-state index contributed by atoms with van der Waals surface area (Å²) in [5, 5.41) is 8.78. The average Bonchev–Trinajstić information content (AvgIpc) is 2.10. The second-order valence-electron chi connectivity index (χ2n) is 4.73. The fourth-order valence-corrected chi connectivity index (χ4v) is 2.65. The van der Waals surface area contributed by atoms with Crippen molar-refractivity contribution >= 4 is 13.9 Å². The van der Waals surface area contributed by atoms with Crippen LogP contribution in [0.15, 0.2) is 23.4 Å². The topological polar surface area (TPSA) is 37.3 Å². The molecule has 0 aliphatic carbocycles. The molecule has 0 spiro atoms. The van der Waals surface area contributed by atoms with E-state index < -0.39 is 8.07 Å². The highest BCUT2D eigenvalue weighted by atomic mass is 28.3. The third kappa shape index (κ3) is 7.28. The minimum absolute atomic E-state index is 0.0911. The Bertz CT molecular complexity index is 259. The lowest BCUT2D eigenvalue weighted by atomic mass is 10.1. The van der Waals surface area contributed by atoms with Gasteiger partial charge in [-0.05, 0) is 31.4 Å². The van der Waals surface area contributed by atoms with Gasteiger partial charge in [0.25, 0.3) is 0 Å². The molecular formula is C12H22O2Si. The highest BCUT2D eigenvalue weighted by molar-refractivity contribution is 6.81. The molecule has 0 rings (SSSR count). The molecule has 0 aliphatic heterocycles. The van der Waals surface area contributed by atoms with E-state index in [2.05, 4.69) is 25.3 Å². The van der Waals surface area contributed by atoms with Crippen LogP contribution in [0.4, 0.5) is 0 Å². The standard InChI is InChI=1S/C12H22O2Si/c1-5-7-12(14)11(8-6-9-13)10-15(2,3)4/h5,7,10,13H,6,8-9H2,1-4H3/b7-5+,11-10+. The molecule has 0 fully saturated rings. The van der Waals surface area contributed by atoms with E-state index in [1.807, 2.05) is 6.92 Å². The van der Waals surface area contributed by atoms with Crippen LogP contribution in [0.2, 0.25) is 19.6 Å². The number of hydrogen-bond acceptors (Lipinski definition) is 2. The number of ketones is 1. The zero-order valence-electron chi connectivity index (χ0n) is 10.2. The Hall–Kier alpha value is -0.673. The van der Waals surface area contributed by atoms with E-state index in [1.165, 1.54) is 0 Å². The summed E-state index contributed by atoms with van der Waals surface area (Å²) in [6, 6.07) is 0. The van der Waals surface area contributed by atoms with Crippen molar-refractivity contribution < 1.29 is 9.90 Å². The lowest BCUT2D eigenvalue weighted by Gasteiger charge is -2.12. The zero-order chi connectivity index (χ0) is 11.9. The highest BCUT2D eigenvalue weighted by Crippen LogP contribution is 2.13. The molecule has 0 aliphatic rings. The normalized spacial score (nSPS) is 13.5. The van der Waals surface area contributed by atoms with Crippen molar-refractivity contribution in [2.24, 2.45) is 0 Å². The van der Waals surface area contributed by atoms with Gasteiger partial charge in [0.2, 0.25) is 0 Å². The summed E-state index contributed by atoms with van der Waals surface area (Å²) in [4.78, 5) is 11.7. The first-order chi connectivity index (χ1) is 6.90. The van der Waals surface area contributed by atoms with Crippen LogP contribution < -0.4 is 0 Å². The van der Waals surface area contributed by atoms with Crippen molar-refractivity contribution in [3.63, 3.8) is 0 Å². The van der Waals surface area contributed by atoms with Gasteiger partial charge in [-0.1, -0.05) is 31.4 Å². The van der Waals surface area contributed by atoms with Gasteiger partial charge in [0.1, 0.15) is 0 Å². The number of rotatable bonds is 6. The molecule has 0 atom stereocenters. The number of carbonyl (C=O) groups is 1. The molecule has 15 heavy (non-hydrogen) atoms. The van der Waals surface area contributed by atoms with E-state index in [0.717, 1.165) is 5.57 Å². The van der Waals surface area contributed by atoms with Crippen LogP contribution >= 0.6 is 0 Å². The maximum absolute atomic E-state index is 11.7. The van der Waals surface area contributed by atoms with Crippen LogP contribution in [-0.2, 0) is 4.79 Å². The van der Waals surface area contributed by atoms with Gasteiger partial charge in [-0.3, -0.25) is 4.79 Å². The lowest BCUT2D eigenvalue weighted by Crippen LogP contribution is -2.19. The summed E-state index contributed by atoms with van der Waals surface area (Å²) in [5.74, 6) is 0.0911. The van der Waals surface area contributed by atoms with Crippen molar-refractivity contribution in [3.8, 4) is 0 Å². The molecule has 3 heteroatoms. The first-order valence-corrected chi connectivity index (χ1v) is 8.98. The third-order valence-corrected chi connectivity index (χ3v) is 3.06. The Balaban J connectivity index is 4.72. The Morgan fingerprint density at radius 2 is 1.93 bits per heavy atom. The molecule has 2 nitrogen and oxygen atoms in total. The van der Waals surface area contributed by atoms with E-state index in [1.54, 1.807) is 12.2 Å². The molecule has 0 aromatic rings. The molecule has 0 radical (unpaired) electrons. The van der Waals surface area contributed by atoms with Crippen LogP contribution in [0.1, 0.15) is 19.8 Å². The Morgan fingerprint density at radius 3 is 2.33 bits per heavy atom. The van der Waals surface area contributed by atoms with Crippen LogP contribution in [0, 0.1) is 0 Å². The predicted octanol–water partition coefficient (Wildman–Crippen LogP) is 2.71. The molecule has 0 aromatic heterocycles. The van der Waals surface area contributed by atoms with Crippen LogP contribution in [-0.4, -0.2) is 25.6 Å². The van der Waals surface area contributed by atoms with E-state index in [0.29, 0.717) is 12.8 Å². The lowest BCUT2D eigenvalue weighted by molar-refractivity contribution is -0.111. The minimum atomic E-state index is -1.36. The van der Waals surface area contributed by atoms with Crippen molar-refractivity contribution in [1.29, 1.82) is 0 Å². The maximum atomic E-state index is 11.7. The smallest absolute Gasteiger partial charge is 0.180 e. The first-order valence-electron chi connectivity index (χ1n) is 5.40. The second-order valence-corrected chi connectivity index (χ2v) is 9.75. The largest absolute Gasteiger partial charge is 0.396 e. The van der Waals surface area contributed by atoms with E-state index >= 15 is 0 Å². The van der Waals surface area contributed by atoms with Gasteiger partial charge in [-0.2, -0.15) is 0 Å². The van der Waals surface area contributed by atoms with Crippen LogP contribution in [0.3, 0.4) is 0 Å². The summed E-state index contributed by atoms with van der Waals surface area (Å²) in [5.41, 5.74) is 2.99. The number of carbonyl (C=O) groups excluding carboxylic acids is 1. The van der Waals surface area contributed by atoms with Crippen molar-refractivity contribution in [1.82, 2.24) is 0 Å². The molecule has 0 bridgehead atoms. The fourth-order valence-electron chi connectivity index (χ4n) is 1.32. The molecule has 86 valence electrons. The van der Waals surface area contributed by atoms with Gasteiger partial charge in [-0.15, -0.1) is 0 Å². The predicted molar refractivity (Wildman–Crippen MR) is 67.6 cm³/mol. The summed E-state index contributed by atoms with van der Waals surface area (Å²) in [6.45, 7) is 8.60. The van der Waals surface area contributed by atoms with Gasteiger partial charge < -0.3 is 5.11 Å². The maximum Gasteiger partial charge on any atom is 0.180 e. The number of hydrogen-bond donors (Lipinski definition) is 1. The summed E-state index contributed by atoms with van der Waals surface area (Å²) in [7, 11) is -1.36. The van der Waals surface area contributed by atoms with Crippen LogP contribution in [0.5, 0.6) is 0 Å². The van der Waals surface area contributed by atoms with Gasteiger partial charge in [-0.25, -0.2) is 0 Å². The molecule has 0 saturated heterocycles. The Labute approximate surface area is 93.7 Å². The van der Waals surface area contributed by atoms with Gasteiger partial charge >= 0.3 is 0 Å². The Morgan fingerprint density at radius 1 is 1.33 bits per heavy atom.